The third-order valence-electron chi connectivity index (χ3n) is 2.18. The first kappa shape index (κ1) is 12.7. The van der Waals surface area contributed by atoms with E-state index in [9.17, 15) is 14.0 Å². The highest BCUT2D eigenvalue weighted by Gasteiger charge is 2.17. The minimum Gasteiger partial charge on any atom is -0.476 e. The predicted octanol–water partition coefficient (Wildman–Crippen LogP) is 2.01. The average molecular weight is 360 g/mol. The molecule has 0 radical (unpaired) electrons. The summed E-state index contributed by atoms with van der Waals surface area (Å²) in [6.45, 7) is 0. The predicted molar refractivity (Wildman–Crippen MR) is 68.0 cm³/mol. The Hall–Kier alpha value is -1.77. The number of benzene rings is 1. The zero-order valence-electron chi connectivity index (χ0n) is 8.80. The molecule has 92 valence electrons. The molecule has 0 fully saturated rings. The van der Waals surface area contributed by atoms with Crippen LogP contribution in [-0.2, 0) is 0 Å². The maximum Gasteiger partial charge on any atom is 0.356 e. The van der Waals surface area contributed by atoms with Crippen molar-refractivity contribution in [2.75, 3.05) is 0 Å². The lowest BCUT2D eigenvalue weighted by atomic mass is 10.2. The SMILES string of the molecule is O=C(O)c1ccn(C(=O)c2cc(I)ccc2F)n1. The van der Waals surface area contributed by atoms with Crippen LogP contribution in [-0.4, -0.2) is 26.8 Å². The number of nitrogens with zero attached hydrogens (tertiary/aromatic N) is 2. The topological polar surface area (TPSA) is 72.2 Å². The van der Waals surface area contributed by atoms with Crippen LogP contribution in [0.2, 0.25) is 0 Å². The van der Waals surface area contributed by atoms with E-state index in [0.717, 1.165) is 4.68 Å². The van der Waals surface area contributed by atoms with E-state index in [1.165, 1.54) is 30.5 Å². The molecule has 0 atom stereocenters. The van der Waals surface area contributed by atoms with Crippen LogP contribution in [0.1, 0.15) is 20.8 Å². The van der Waals surface area contributed by atoms with Gasteiger partial charge in [0.1, 0.15) is 5.82 Å². The first-order valence-electron chi connectivity index (χ1n) is 4.78. The Balaban J connectivity index is 2.41. The number of carboxylic acid groups (broad SMARTS) is 1. The van der Waals surface area contributed by atoms with Gasteiger partial charge >= 0.3 is 5.97 Å². The first-order valence-corrected chi connectivity index (χ1v) is 5.85. The van der Waals surface area contributed by atoms with Crippen molar-refractivity contribution < 1.29 is 19.1 Å². The monoisotopic (exact) mass is 360 g/mol. The normalized spacial score (nSPS) is 10.3. The molecule has 0 aliphatic rings. The average Bonchev–Trinajstić information content (AvgIpc) is 2.81. The van der Waals surface area contributed by atoms with E-state index in [0.29, 0.717) is 3.57 Å². The maximum absolute atomic E-state index is 13.5. The molecular weight excluding hydrogens is 354 g/mol. The summed E-state index contributed by atoms with van der Waals surface area (Å²) in [5, 5.41) is 12.2. The lowest BCUT2D eigenvalue weighted by Gasteiger charge is -2.02. The molecule has 18 heavy (non-hydrogen) atoms. The number of halogens is 2. The highest BCUT2D eigenvalue weighted by atomic mass is 127. The molecule has 0 saturated carbocycles. The Morgan fingerprint density at radius 1 is 1.33 bits per heavy atom. The van der Waals surface area contributed by atoms with E-state index in [-0.39, 0.29) is 11.3 Å². The summed E-state index contributed by atoms with van der Waals surface area (Å²) < 4.78 is 15.0. The number of aromatic nitrogens is 2. The van der Waals surface area contributed by atoms with Crippen molar-refractivity contribution in [2.24, 2.45) is 0 Å². The van der Waals surface area contributed by atoms with Crippen LogP contribution in [0.3, 0.4) is 0 Å². The van der Waals surface area contributed by atoms with Crippen LogP contribution in [0, 0.1) is 9.39 Å². The van der Waals surface area contributed by atoms with Crippen LogP contribution in [0.4, 0.5) is 4.39 Å². The van der Waals surface area contributed by atoms with E-state index in [4.69, 9.17) is 5.11 Å². The van der Waals surface area contributed by atoms with Crippen LogP contribution >= 0.6 is 22.6 Å². The van der Waals surface area contributed by atoms with Crippen molar-refractivity contribution in [1.29, 1.82) is 0 Å². The fraction of sp³-hybridized carbons (Fsp3) is 0. The Morgan fingerprint density at radius 3 is 2.67 bits per heavy atom. The molecule has 0 bridgehead atoms. The van der Waals surface area contributed by atoms with Gasteiger partial charge < -0.3 is 5.11 Å². The fourth-order valence-corrected chi connectivity index (χ4v) is 1.83. The Kier molecular flexibility index (Phi) is 3.41. The molecular formula is C11H6FIN2O3. The van der Waals surface area contributed by atoms with Crippen molar-refractivity contribution in [3.63, 3.8) is 0 Å². The van der Waals surface area contributed by atoms with Crippen LogP contribution < -0.4 is 0 Å². The summed E-state index contributed by atoms with van der Waals surface area (Å²) >= 11 is 1.95. The zero-order chi connectivity index (χ0) is 13.3. The van der Waals surface area contributed by atoms with E-state index >= 15 is 0 Å². The van der Waals surface area contributed by atoms with E-state index in [1.807, 2.05) is 22.6 Å². The second kappa shape index (κ2) is 4.84. The molecule has 5 nitrogen and oxygen atoms in total. The molecule has 2 rings (SSSR count). The molecule has 0 amide bonds. The maximum atomic E-state index is 13.5. The highest BCUT2D eigenvalue weighted by Crippen LogP contribution is 2.14. The summed E-state index contributed by atoms with van der Waals surface area (Å²) in [5.74, 6) is -2.63. The summed E-state index contributed by atoms with van der Waals surface area (Å²) in [4.78, 5) is 22.6. The van der Waals surface area contributed by atoms with Gasteiger partial charge in [0.15, 0.2) is 5.69 Å². The second-order valence-electron chi connectivity index (χ2n) is 3.38. The minimum atomic E-state index is -1.25. The van der Waals surface area contributed by atoms with Crippen LogP contribution in [0.15, 0.2) is 30.5 Å². The van der Waals surface area contributed by atoms with Crippen LogP contribution in [0.5, 0.6) is 0 Å². The minimum absolute atomic E-state index is 0.151. The van der Waals surface area contributed by atoms with Gasteiger partial charge in [-0.2, -0.15) is 5.10 Å². The Morgan fingerprint density at radius 2 is 2.06 bits per heavy atom. The zero-order valence-corrected chi connectivity index (χ0v) is 11.0. The molecule has 1 aromatic heterocycles. The highest BCUT2D eigenvalue weighted by molar-refractivity contribution is 14.1. The molecule has 2 aromatic rings. The fourth-order valence-electron chi connectivity index (χ4n) is 1.34. The lowest BCUT2D eigenvalue weighted by Crippen LogP contribution is -2.15. The third kappa shape index (κ3) is 2.40. The molecule has 1 aromatic carbocycles. The van der Waals surface area contributed by atoms with Gasteiger partial charge in [-0.25, -0.2) is 13.9 Å². The smallest absolute Gasteiger partial charge is 0.356 e. The van der Waals surface area contributed by atoms with E-state index in [2.05, 4.69) is 5.10 Å². The van der Waals surface area contributed by atoms with Crippen molar-refractivity contribution in [3.05, 3.63) is 51.1 Å². The number of rotatable bonds is 2. The van der Waals surface area contributed by atoms with Gasteiger partial charge in [-0.1, -0.05) is 0 Å². The standard InChI is InChI=1S/C11H6FIN2O3/c12-8-2-1-6(13)5-7(8)10(16)15-4-3-9(14-15)11(17)18/h1-5H,(H,17,18). The second-order valence-corrected chi connectivity index (χ2v) is 4.63. The van der Waals surface area contributed by atoms with Gasteiger partial charge in [0.05, 0.1) is 5.56 Å². The number of aromatic carboxylic acids is 1. The number of hydrogen-bond donors (Lipinski definition) is 1. The van der Waals surface area contributed by atoms with Crippen molar-refractivity contribution in [3.8, 4) is 0 Å². The largest absolute Gasteiger partial charge is 0.476 e. The van der Waals surface area contributed by atoms with Crippen molar-refractivity contribution in [1.82, 2.24) is 9.78 Å². The molecule has 0 saturated heterocycles. The van der Waals surface area contributed by atoms with Gasteiger partial charge in [-0.3, -0.25) is 4.79 Å². The number of hydrogen-bond acceptors (Lipinski definition) is 3. The summed E-state index contributed by atoms with van der Waals surface area (Å²) in [6, 6.07) is 5.25. The number of carbonyl (C=O) groups excluding carboxylic acids is 1. The lowest BCUT2D eigenvalue weighted by molar-refractivity contribution is 0.0689. The van der Waals surface area contributed by atoms with Gasteiger partial charge in [0.25, 0.3) is 5.91 Å². The molecule has 0 aliphatic carbocycles. The number of carbonyl (C=O) groups is 2. The van der Waals surface area contributed by atoms with E-state index < -0.39 is 17.7 Å². The summed E-state index contributed by atoms with van der Waals surface area (Å²) in [5.41, 5.74) is -0.420. The van der Waals surface area contributed by atoms with Crippen molar-refractivity contribution >= 4 is 34.5 Å². The molecule has 7 heteroatoms. The summed E-state index contributed by atoms with van der Waals surface area (Å²) in [6.07, 6.45) is 1.19. The van der Waals surface area contributed by atoms with Crippen LogP contribution in [0.25, 0.3) is 0 Å². The summed E-state index contributed by atoms with van der Waals surface area (Å²) in [7, 11) is 0. The van der Waals surface area contributed by atoms with E-state index in [1.54, 1.807) is 0 Å². The molecule has 0 spiro atoms. The van der Waals surface area contributed by atoms with Gasteiger partial charge in [-0.05, 0) is 46.9 Å². The van der Waals surface area contributed by atoms with Gasteiger partial charge in [0, 0.05) is 9.77 Å². The Bertz CT molecular complexity index is 639. The van der Waals surface area contributed by atoms with Gasteiger partial charge in [0.2, 0.25) is 0 Å². The first-order chi connectivity index (χ1) is 8.49. The molecule has 0 aliphatic heterocycles. The Labute approximate surface area is 114 Å². The molecule has 1 N–H and O–H groups in total. The van der Waals surface area contributed by atoms with Gasteiger partial charge in [-0.15, -0.1) is 0 Å². The third-order valence-corrected chi connectivity index (χ3v) is 2.85. The number of carboxylic acids is 1. The quantitative estimate of drug-likeness (QED) is 0.832. The molecule has 0 unspecified atom stereocenters. The molecule has 1 heterocycles. The van der Waals surface area contributed by atoms with Crippen molar-refractivity contribution in [2.45, 2.75) is 0 Å².